The van der Waals surface area contributed by atoms with Gasteiger partial charge in [-0.2, -0.15) is 0 Å². The molecule has 0 saturated heterocycles. The maximum atomic E-state index is 12.2. The molecule has 1 aromatic heterocycles. The third-order valence-corrected chi connectivity index (χ3v) is 3.73. The van der Waals surface area contributed by atoms with Crippen LogP contribution in [0.1, 0.15) is 0 Å². The molecule has 0 aliphatic carbocycles. The molecule has 0 unspecified atom stereocenters. The SMILES string of the molecule is N[C@H](CO)C(=O)NCC(=O)Nc1nc2ccc(OC(F)(F)F)cc2s1. The lowest BCUT2D eigenvalue weighted by Crippen LogP contribution is -2.45. The van der Waals surface area contributed by atoms with Gasteiger partial charge in [-0.15, -0.1) is 13.2 Å². The van der Waals surface area contributed by atoms with Crippen molar-refractivity contribution in [2.75, 3.05) is 18.5 Å². The Kier molecular flexibility index (Phi) is 5.77. The Balaban J connectivity index is 1.99. The Morgan fingerprint density at radius 1 is 1.40 bits per heavy atom. The normalized spacial score (nSPS) is 12.7. The van der Waals surface area contributed by atoms with Gasteiger partial charge in [-0.25, -0.2) is 4.98 Å². The van der Waals surface area contributed by atoms with Crippen LogP contribution in [0.5, 0.6) is 5.75 Å². The lowest BCUT2D eigenvalue weighted by Gasteiger charge is -2.08. The van der Waals surface area contributed by atoms with Gasteiger partial charge in [-0.1, -0.05) is 11.3 Å². The fraction of sp³-hybridized carbons (Fsp3) is 0.308. The number of nitrogens with zero attached hydrogens (tertiary/aromatic N) is 1. The maximum absolute atomic E-state index is 12.2. The van der Waals surface area contributed by atoms with E-state index in [1.165, 1.54) is 6.07 Å². The Morgan fingerprint density at radius 3 is 2.76 bits per heavy atom. The highest BCUT2D eigenvalue weighted by Crippen LogP contribution is 2.31. The number of carbonyl (C=O) groups excluding carboxylic acids is 2. The average molecular weight is 378 g/mol. The van der Waals surface area contributed by atoms with Gasteiger partial charge in [0.15, 0.2) is 5.13 Å². The molecule has 8 nitrogen and oxygen atoms in total. The molecule has 0 saturated carbocycles. The largest absolute Gasteiger partial charge is 0.573 e. The number of benzene rings is 1. The van der Waals surface area contributed by atoms with E-state index in [0.717, 1.165) is 23.5 Å². The maximum Gasteiger partial charge on any atom is 0.573 e. The number of aliphatic hydroxyl groups is 1. The van der Waals surface area contributed by atoms with Crippen LogP contribution in [0.4, 0.5) is 18.3 Å². The standard InChI is InChI=1S/C13H13F3N4O4S/c14-13(15,16)24-6-1-2-8-9(3-6)25-12(19-8)20-10(22)4-18-11(23)7(17)5-21/h1-3,7,21H,4-5,17H2,(H,18,23)(H,19,20,22)/t7-/m1/s1. The molecule has 0 bridgehead atoms. The lowest BCUT2D eigenvalue weighted by molar-refractivity contribution is -0.274. The molecule has 2 amide bonds. The Morgan fingerprint density at radius 2 is 2.12 bits per heavy atom. The molecule has 25 heavy (non-hydrogen) atoms. The van der Waals surface area contributed by atoms with Crippen molar-refractivity contribution in [2.24, 2.45) is 5.73 Å². The second-order valence-corrected chi connectivity index (χ2v) is 5.78. The number of nitrogens with one attached hydrogen (secondary N) is 2. The Labute approximate surface area is 142 Å². The molecule has 2 rings (SSSR count). The number of aromatic nitrogens is 1. The summed E-state index contributed by atoms with van der Waals surface area (Å²) in [5, 5.41) is 13.5. The van der Waals surface area contributed by atoms with Gasteiger partial charge in [-0.3, -0.25) is 9.59 Å². The number of alkyl halides is 3. The van der Waals surface area contributed by atoms with Crippen LogP contribution in [0, 0.1) is 0 Å². The monoisotopic (exact) mass is 378 g/mol. The highest BCUT2D eigenvalue weighted by atomic mass is 32.1. The first-order chi connectivity index (χ1) is 11.7. The minimum absolute atomic E-state index is 0.143. The number of aliphatic hydroxyl groups excluding tert-OH is 1. The van der Waals surface area contributed by atoms with Crippen molar-refractivity contribution < 1.29 is 32.6 Å². The molecular weight excluding hydrogens is 365 g/mol. The van der Waals surface area contributed by atoms with Crippen molar-refractivity contribution in [3.05, 3.63) is 18.2 Å². The molecule has 0 radical (unpaired) electrons. The molecule has 2 aromatic rings. The minimum Gasteiger partial charge on any atom is -0.406 e. The molecule has 1 heterocycles. The van der Waals surface area contributed by atoms with E-state index in [0.29, 0.717) is 10.2 Å². The number of carbonyl (C=O) groups is 2. The summed E-state index contributed by atoms with van der Waals surface area (Å²) in [7, 11) is 0. The number of anilines is 1. The van der Waals surface area contributed by atoms with Gasteiger partial charge in [-0.05, 0) is 12.1 Å². The van der Waals surface area contributed by atoms with E-state index in [-0.39, 0.29) is 5.13 Å². The molecule has 0 aliphatic rings. The molecule has 0 fully saturated rings. The zero-order valence-corrected chi connectivity index (χ0v) is 13.3. The first-order valence-corrected chi connectivity index (χ1v) is 7.60. The number of hydrogen-bond acceptors (Lipinski definition) is 7. The van der Waals surface area contributed by atoms with Gasteiger partial charge in [0.2, 0.25) is 11.8 Å². The summed E-state index contributed by atoms with van der Waals surface area (Å²) in [6, 6.07) is 2.45. The zero-order chi connectivity index (χ0) is 18.6. The van der Waals surface area contributed by atoms with Gasteiger partial charge in [0.25, 0.3) is 0 Å². The van der Waals surface area contributed by atoms with E-state index in [4.69, 9.17) is 10.8 Å². The summed E-state index contributed by atoms with van der Waals surface area (Å²) in [4.78, 5) is 27.1. The molecule has 12 heteroatoms. The average Bonchev–Trinajstić information content (AvgIpc) is 2.91. The summed E-state index contributed by atoms with van der Waals surface area (Å²) in [6.45, 7) is -0.960. The van der Waals surface area contributed by atoms with E-state index < -0.39 is 43.1 Å². The third-order valence-electron chi connectivity index (χ3n) is 2.80. The van der Waals surface area contributed by atoms with E-state index in [1.807, 2.05) is 0 Å². The minimum atomic E-state index is -4.80. The first kappa shape index (κ1) is 18.9. The second kappa shape index (κ2) is 7.63. The number of thiazole rings is 1. The van der Waals surface area contributed by atoms with E-state index in [9.17, 15) is 22.8 Å². The number of hydrogen-bond donors (Lipinski definition) is 4. The molecule has 1 aromatic carbocycles. The first-order valence-electron chi connectivity index (χ1n) is 6.78. The molecule has 136 valence electrons. The van der Waals surface area contributed by atoms with Crippen LogP contribution in [-0.4, -0.2) is 47.5 Å². The Bertz CT molecular complexity index is 780. The topological polar surface area (TPSA) is 127 Å². The Hall–Kier alpha value is -2.44. The van der Waals surface area contributed by atoms with Crippen LogP contribution in [0.2, 0.25) is 0 Å². The van der Waals surface area contributed by atoms with Crippen molar-refractivity contribution in [2.45, 2.75) is 12.4 Å². The smallest absolute Gasteiger partial charge is 0.406 e. The lowest BCUT2D eigenvalue weighted by atomic mass is 10.3. The molecular formula is C13H13F3N4O4S. The van der Waals surface area contributed by atoms with E-state index in [2.05, 4.69) is 20.4 Å². The molecule has 5 N–H and O–H groups in total. The summed E-state index contributed by atoms with van der Waals surface area (Å²) < 4.78 is 40.8. The van der Waals surface area contributed by atoms with Crippen LogP contribution >= 0.6 is 11.3 Å². The number of halogens is 3. The molecule has 0 aliphatic heterocycles. The summed E-state index contributed by atoms with van der Waals surface area (Å²) in [5.74, 6) is -1.70. The van der Waals surface area contributed by atoms with Crippen molar-refractivity contribution in [3.8, 4) is 5.75 Å². The van der Waals surface area contributed by atoms with Crippen LogP contribution in [0.25, 0.3) is 10.2 Å². The van der Waals surface area contributed by atoms with Gasteiger partial charge in [0.1, 0.15) is 11.8 Å². The molecule has 1 atom stereocenters. The summed E-state index contributed by atoms with van der Waals surface area (Å²) >= 11 is 0.943. The van der Waals surface area contributed by atoms with E-state index >= 15 is 0 Å². The van der Waals surface area contributed by atoms with E-state index in [1.54, 1.807) is 0 Å². The van der Waals surface area contributed by atoms with Crippen LogP contribution in [0.3, 0.4) is 0 Å². The van der Waals surface area contributed by atoms with Crippen LogP contribution in [-0.2, 0) is 9.59 Å². The second-order valence-electron chi connectivity index (χ2n) is 4.75. The van der Waals surface area contributed by atoms with Crippen LogP contribution < -0.4 is 21.1 Å². The van der Waals surface area contributed by atoms with Crippen molar-refractivity contribution in [3.63, 3.8) is 0 Å². The summed E-state index contributed by atoms with van der Waals surface area (Å²) in [6.07, 6.45) is -4.80. The fourth-order valence-electron chi connectivity index (χ4n) is 1.70. The zero-order valence-electron chi connectivity index (χ0n) is 12.5. The van der Waals surface area contributed by atoms with Crippen molar-refractivity contribution in [1.29, 1.82) is 0 Å². The highest BCUT2D eigenvalue weighted by Gasteiger charge is 2.31. The van der Waals surface area contributed by atoms with Crippen LogP contribution in [0.15, 0.2) is 18.2 Å². The summed E-state index contributed by atoms with van der Waals surface area (Å²) in [5.41, 5.74) is 5.64. The van der Waals surface area contributed by atoms with Gasteiger partial charge in [0, 0.05) is 6.07 Å². The predicted octanol–water partition coefficient (Wildman–Crippen LogP) is 0.569. The predicted molar refractivity (Wildman–Crippen MR) is 83.0 cm³/mol. The number of amides is 2. The highest BCUT2D eigenvalue weighted by molar-refractivity contribution is 7.22. The fourth-order valence-corrected chi connectivity index (χ4v) is 2.61. The van der Waals surface area contributed by atoms with Gasteiger partial charge >= 0.3 is 6.36 Å². The number of rotatable bonds is 6. The number of nitrogens with two attached hydrogens (primary N) is 1. The van der Waals surface area contributed by atoms with Gasteiger partial charge in [0.05, 0.1) is 23.4 Å². The quantitative estimate of drug-likeness (QED) is 0.582. The third kappa shape index (κ3) is 5.55. The van der Waals surface area contributed by atoms with Gasteiger partial charge < -0.3 is 26.2 Å². The number of ether oxygens (including phenoxy) is 1. The molecule has 0 spiro atoms. The van der Waals surface area contributed by atoms with Crippen molar-refractivity contribution >= 4 is 38.5 Å². The van der Waals surface area contributed by atoms with Crippen molar-refractivity contribution in [1.82, 2.24) is 10.3 Å². The number of fused-ring (bicyclic) bond motifs is 1.